The number of hydrogen-bond acceptors (Lipinski definition) is 3. The van der Waals surface area contributed by atoms with Gasteiger partial charge in [-0.15, -0.1) is 0 Å². The lowest BCUT2D eigenvalue weighted by Gasteiger charge is -2.36. The smallest absolute Gasteiger partial charge is 0.225 e. The predicted molar refractivity (Wildman–Crippen MR) is 108 cm³/mol. The van der Waals surface area contributed by atoms with Crippen LogP contribution in [0, 0.1) is 11.8 Å². The minimum Gasteiger partial charge on any atom is -0.342 e. The number of likely N-dealkylation sites (tertiary alicyclic amines) is 1. The molecule has 0 radical (unpaired) electrons. The Morgan fingerprint density at radius 3 is 2.33 bits per heavy atom. The van der Waals surface area contributed by atoms with Gasteiger partial charge < -0.3 is 4.90 Å². The summed E-state index contributed by atoms with van der Waals surface area (Å²) in [4.78, 5) is 14.7. The molecule has 2 fully saturated rings. The first kappa shape index (κ1) is 20.9. The lowest BCUT2D eigenvalue weighted by Crippen LogP contribution is -2.47. The SMILES string of the molecule is CC1CCCN(C(=O)C2CCN(S(=O)(=O)Cc3c(Cl)cccc3Cl)CC2)C1. The quantitative estimate of drug-likeness (QED) is 0.726. The van der Waals surface area contributed by atoms with E-state index in [1.165, 1.54) is 10.7 Å². The van der Waals surface area contributed by atoms with Crippen LogP contribution in [-0.4, -0.2) is 49.7 Å². The molecule has 8 heteroatoms. The Bertz CT molecular complexity index is 772. The number of nitrogens with zero attached hydrogens (tertiary/aromatic N) is 2. The zero-order valence-corrected chi connectivity index (χ0v) is 17.9. The minimum atomic E-state index is -3.52. The van der Waals surface area contributed by atoms with Crippen LogP contribution in [-0.2, 0) is 20.6 Å². The molecule has 1 aromatic carbocycles. The lowest BCUT2D eigenvalue weighted by molar-refractivity contribution is -0.138. The number of sulfonamides is 1. The molecular weight excluding hydrogens is 407 g/mol. The van der Waals surface area contributed by atoms with Gasteiger partial charge in [0.2, 0.25) is 15.9 Å². The summed E-state index contributed by atoms with van der Waals surface area (Å²) < 4.78 is 27.1. The van der Waals surface area contributed by atoms with Gasteiger partial charge in [0.1, 0.15) is 0 Å². The largest absolute Gasteiger partial charge is 0.342 e. The highest BCUT2D eigenvalue weighted by Crippen LogP contribution is 2.29. The van der Waals surface area contributed by atoms with Crippen LogP contribution in [0.1, 0.15) is 38.2 Å². The maximum absolute atomic E-state index is 12.8. The summed E-state index contributed by atoms with van der Waals surface area (Å²) in [5.41, 5.74) is 0.432. The highest BCUT2D eigenvalue weighted by molar-refractivity contribution is 7.88. The highest BCUT2D eigenvalue weighted by atomic mass is 35.5. The van der Waals surface area contributed by atoms with Crippen molar-refractivity contribution in [2.75, 3.05) is 26.2 Å². The van der Waals surface area contributed by atoms with Crippen molar-refractivity contribution < 1.29 is 13.2 Å². The van der Waals surface area contributed by atoms with Crippen LogP contribution in [0.3, 0.4) is 0 Å². The molecule has 2 saturated heterocycles. The van der Waals surface area contributed by atoms with Crippen molar-refractivity contribution in [3.63, 3.8) is 0 Å². The second-order valence-corrected chi connectivity index (χ2v) is 10.4. The molecule has 5 nitrogen and oxygen atoms in total. The van der Waals surface area contributed by atoms with Crippen molar-refractivity contribution in [2.45, 2.75) is 38.4 Å². The van der Waals surface area contributed by atoms with Gasteiger partial charge in [0, 0.05) is 47.7 Å². The van der Waals surface area contributed by atoms with Gasteiger partial charge in [-0.2, -0.15) is 0 Å². The molecule has 1 unspecified atom stereocenters. The van der Waals surface area contributed by atoms with Gasteiger partial charge in [-0.05, 0) is 43.7 Å². The zero-order valence-electron chi connectivity index (χ0n) is 15.5. The molecule has 0 spiro atoms. The number of hydrogen-bond donors (Lipinski definition) is 0. The summed E-state index contributed by atoms with van der Waals surface area (Å²) in [5.74, 6) is 0.440. The first-order valence-electron chi connectivity index (χ1n) is 9.47. The van der Waals surface area contributed by atoms with E-state index in [2.05, 4.69) is 6.92 Å². The number of benzene rings is 1. The van der Waals surface area contributed by atoms with Crippen molar-refractivity contribution in [3.8, 4) is 0 Å². The standard InChI is InChI=1S/C19H26Cl2N2O3S/c1-14-4-3-9-22(12-14)19(24)15-7-10-23(11-8-15)27(25,26)13-16-17(20)5-2-6-18(16)21/h2,5-6,14-15H,3-4,7-13H2,1H3. The highest BCUT2D eigenvalue weighted by Gasteiger charge is 2.34. The van der Waals surface area contributed by atoms with Gasteiger partial charge in [-0.3, -0.25) is 4.79 Å². The fraction of sp³-hybridized carbons (Fsp3) is 0.632. The fourth-order valence-corrected chi connectivity index (χ4v) is 6.29. The summed E-state index contributed by atoms with van der Waals surface area (Å²) in [5, 5.41) is 0.714. The van der Waals surface area contributed by atoms with Crippen molar-refractivity contribution in [1.29, 1.82) is 0 Å². The average molecular weight is 433 g/mol. The van der Waals surface area contributed by atoms with Crippen LogP contribution in [0.25, 0.3) is 0 Å². The van der Waals surface area contributed by atoms with E-state index < -0.39 is 10.0 Å². The molecule has 3 rings (SSSR count). The monoisotopic (exact) mass is 432 g/mol. The van der Waals surface area contributed by atoms with E-state index in [0.717, 1.165) is 19.5 Å². The van der Waals surface area contributed by atoms with Crippen LogP contribution in [0.5, 0.6) is 0 Å². The predicted octanol–water partition coefficient (Wildman–Crippen LogP) is 3.79. The Balaban J connectivity index is 1.60. The number of halogens is 2. The van der Waals surface area contributed by atoms with Crippen LogP contribution in [0.2, 0.25) is 10.0 Å². The van der Waals surface area contributed by atoms with E-state index in [9.17, 15) is 13.2 Å². The van der Waals surface area contributed by atoms with Crippen LogP contribution in [0.15, 0.2) is 18.2 Å². The molecule has 0 aromatic heterocycles. The van der Waals surface area contributed by atoms with Crippen molar-refractivity contribution in [2.24, 2.45) is 11.8 Å². The minimum absolute atomic E-state index is 0.0781. The summed E-state index contributed by atoms with van der Waals surface area (Å²) >= 11 is 12.2. The van der Waals surface area contributed by atoms with E-state index in [4.69, 9.17) is 23.2 Å². The van der Waals surface area contributed by atoms with Crippen LogP contribution < -0.4 is 0 Å². The van der Waals surface area contributed by atoms with E-state index >= 15 is 0 Å². The first-order valence-corrected chi connectivity index (χ1v) is 11.8. The Morgan fingerprint density at radius 1 is 1.11 bits per heavy atom. The molecule has 0 saturated carbocycles. The molecule has 1 atom stereocenters. The first-order chi connectivity index (χ1) is 12.8. The molecule has 1 aromatic rings. The summed E-state index contributed by atoms with van der Waals surface area (Å²) in [6, 6.07) is 4.98. The molecule has 0 N–H and O–H groups in total. The molecule has 2 aliphatic heterocycles. The second-order valence-electron chi connectivity index (χ2n) is 7.66. The Hall–Kier alpha value is -0.820. The van der Waals surface area contributed by atoms with E-state index in [-0.39, 0.29) is 17.6 Å². The lowest BCUT2D eigenvalue weighted by atomic mass is 9.93. The zero-order chi connectivity index (χ0) is 19.6. The van der Waals surface area contributed by atoms with Gasteiger partial charge in [-0.1, -0.05) is 36.2 Å². The molecule has 0 aliphatic carbocycles. The van der Waals surface area contributed by atoms with Crippen LogP contribution in [0.4, 0.5) is 0 Å². The number of amides is 1. The third-order valence-corrected chi connectivity index (χ3v) is 8.07. The molecule has 0 bridgehead atoms. The number of carbonyl (C=O) groups is 1. The van der Waals surface area contributed by atoms with E-state index in [1.807, 2.05) is 4.90 Å². The maximum Gasteiger partial charge on any atom is 0.225 e. The Morgan fingerprint density at radius 2 is 1.74 bits per heavy atom. The average Bonchev–Trinajstić information content (AvgIpc) is 2.64. The number of piperidine rings is 2. The van der Waals surface area contributed by atoms with Gasteiger partial charge >= 0.3 is 0 Å². The molecule has 2 heterocycles. The van der Waals surface area contributed by atoms with Crippen molar-refractivity contribution in [1.82, 2.24) is 9.21 Å². The normalized spacial score (nSPS) is 22.8. The third-order valence-electron chi connectivity index (χ3n) is 5.55. The maximum atomic E-state index is 12.8. The second kappa shape index (κ2) is 8.68. The third kappa shape index (κ3) is 4.97. The van der Waals surface area contributed by atoms with Gasteiger partial charge in [0.05, 0.1) is 5.75 Å². The molecule has 1 amide bonds. The van der Waals surface area contributed by atoms with Crippen molar-refractivity contribution in [3.05, 3.63) is 33.8 Å². The molecule has 150 valence electrons. The summed E-state index contributed by atoms with van der Waals surface area (Å²) in [6.45, 7) is 4.55. The number of carbonyl (C=O) groups excluding carboxylic acids is 1. The summed E-state index contributed by atoms with van der Waals surface area (Å²) in [6.07, 6.45) is 3.36. The van der Waals surface area contributed by atoms with E-state index in [1.54, 1.807) is 18.2 Å². The van der Waals surface area contributed by atoms with Crippen molar-refractivity contribution >= 4 is 39.1 Å². The molecular formula is C19H26Cl2N2O3S. The van der Waals surface area contributed by atoms with E-state index in [0.29, 0.717) is 47.5 Å². The Kier molecular flexibility index (Phi) is 6.72. The van der Waals surface area contributed by atoms with Gasteiger partial charge in [-0.25, -0.2) is 12.7 Å². The van der Waals surface area contributed by atoms with Crippen LogP contribution >= 0.6 is 23.2 Å². The fourth-order valence-electron chi connectivity index (χ4n) is 3.97. The summed E-state index contributed by atoms with van der Waals surface area (Å²) in [7, 11) is -3.52. The molecule has 2 aliphatic rings. The van der Waals surface area contributed by atoms with Gasteiger partial charge in [0.25, 0.3) is 0 Å². The topological polar surface area (TPSA) is 57.7 Å². The van der Waals surface area contributed by atoms with Gasteiger partial charge in [0.15, 0.2) is 0 Å². The Labute approximate surface area is 171 Å². The molecule has 27 heavy (non-hydrogen) atoms. The number of rotatable bonds is 4.